The van der Waals surface area contributed by atoms with Crippen LogP contribution in [0.1, 0.15) is 165 Å². The summed E-state index contributed by atoms with van der Waals surface area (Å²) < 4.78 is 5.03. The fourth-order valence-electron chi connectivity index (χ4n) is 4.25. The van der Waals surface area contributed by atoms with Gasteiger partial charge in [-0.3, -0.25) is 9.59 Å². The molecule has 1 unspecified atom stereocenters. The summed E-state index contributed by atoms with van der Waals surface area (Å²) in [5, 5.41) is 0. The van der Waals surface area contributed by atoms with Gasteiger partial charge in [-0.15, -0.1) is 0 Å². The molecule has 0 spiro atoms. The number of carbonyl (C=O) groups is 2. The zero-order valence-electron chi connectivity index (χ0n) is 25.4. The van der Waals surface area contributed by atoms with Crippen LogP contribution in [0, 0.1) is 5.92 Å². The van der Waals surface area contributed by atoms with Crippen LogP contribution < -0.4 is 110 Å². The molecule has 0 amide bonds. The largest absolute Gasteiger partial charge is 1.00 e. The summed E-state index contributed by atoms with van der Waals surface area (Å²) >= 11 is 0. The van der Waals surface area contributed by atoms with Gasteiger partial charge in [0.25, 0.3) is 0 Å². The quantitative estimate of drug-likeness (QED) is 0.0825. The number of carbonyl (C=O) groups excluding carboxylic acids is 2. The number of unbranched alkanes of at least 4 members (excludes halogenated alkanes) is 15. The van der Waals surface area contributed by atoms with E-state index in [2.05, 4.69) is 20.8 Å². The predicted molar refractivity (Wildman–Crippen MR) is 135 cm³/mol. The Bertz CT molecular complexity index is 429. The molecule has 0 radical (unpaired) electrons. The first-order chi connectivity index (χ1) is 15.1. The van der Waals surface area contributed by atoms with Crippen molar-refractivity contribution in [2.45, 2.75) is 162 Å². The SMILES string of the molecule is CCCCCCCCCCCC(=O)OC(=O)CCC(CC)CCCCCCCCCC.[H-].[H-].[K+].[Rb+]. The summed E-state index contributed by atoms with van der Waals surface area (Å²) in [5.41, 5.74) is 0. The van der Waals surface area contributed by atoms with Crippen LogP contribution in [0.15, 0.2) is 0 Å². The van der Waals surface area contributed by atoms with Gasteiger partial charge in [0.05, 0.1) is 0 Å². The van der Waals surface area contributed by atoms with E-state index >= 15 is 0 Å². The molecule has 5 heteroatoms. The Kier molecular flexibility index (Phi) is 39.6. The average molecular weight is 565 g/mol. The molecule has 0 N–H and O–H groups in total. The van der Waals surface area contributed by atoms with E-state index in [1.807, 2.05) is 0 Å². The molecule has 0 aliphatic rings. The molecule has 1 atom stereocenters. The van der Waals surface area contributed by atoms with Crippen molar-refractivity contribution in [3.63, 3.8) is 0 Å². The van der Waals surface area contributed by atoms with Gasteiger partial charge in [0, 0.05) is 12.8 Å². The van der Waals surface area contributed by atoms with Crippen molar-refractivity contribution in [2.75, 3.05) is 0 Å². The molecular formula is C28H56KO3Rb. The predicted octanol–water partition coefficient (Wildman–Crippen LogP) is 3.55. The van der Waals surface area contributed by atoms with Crippen LogP contribution in [0.2, 0.25) is 0 Å². The Morgan fingerprint density at radius 3 is 1.42 bits per heavy atom. The van der Waals surface area contributed by atoms with Crippen LogP contribution >= 0.6 is 0 Å². The monoisotopic (exact) mass is 564 g/mol. The third-order valence-corrected chi connectivity index (χ3v) is 6.51. The second-order valence-electron chi connectivity index (χ2n) is 9.50. The molecule has 0 heterocycles. The van der Waals surface area contributed by atoms with Crippen LogP contribution in [0.5, 0.6) is 0 Å². The van der Waals surface area contributed by atoms with Crippen molar-refractivity contribution >= 4 is 11.9 Å². The maximum Gasteiger partial charge on any atom is 1.00 e. The van der Waals surface area contributed by atoms with E-state index in [-0.39, 0.29) is 124 Å². The molecular weight excluding hydrogens is 509 g/mol. The molecule has 3 nitrogen and oxygen atoms in total. The van der Waals surface area contributed by atoms with Crippen molar-refractivity contribution in [3.8, 4) is 0 Å². The average Bonchev–Trinajstić information content (AvgIpc) is 2.76. The summed E-state index contributed by atoms with van der Waals surface area (Å²) in [6, 6.07) is 0. The fraction of sp³-hybridized carbons (Fsp3) is 0.929. The summed E-state index contributed by atoms with van der Waals surface area (Å²) in [5.74, 6) is -0.0700. The van der Waals surface area contributed by atoms with E-state index in [9.17, 15) is 9.59 Å². The van der Waals surface area contributed by atoms with Crippen molar-refractivity contribution < 1.29 is 127 Å². The Balaban J connectivity index is -0.000000750. The van der Waals surface area contributed by atoms with E-state index in [0.717, 1.165) is 25.7 Å². The van der Waals surface area contributed by atoms with Gasteiger partial charge in [-0.2, -0.15) is 0 Å². The Morgan fingerprint density at radius 1 is 0.576 bits per heavy atom. The van der Waals surface area contributed by atoms with Crippen molar-refractivity contribution in [2.24, 2.45) is 5.92 Å². The fourth-order valence-corrected chi connectivity index (χ4v) is 4.25. The van der Waals surface area contributed by atoms with E-state index < -0.39 is 0 Å². The van der Waals surface area contributed by atoms with Gasteiger partial charge < -0.3 is 7.59 Å². The smallest absolute Gasteiger partial charge is 1.00 e. The van der Waals surface area contributed by atoms with Gasteiger partial charge in [-0.25, -0.2) is 0 Å². The first-order valence-corrected chi connectivity index (χ1v) is 13.9. The Hall–Kier alpha value is 2.58. The first kappa shape index (κ1) is 40.1. The standard InChI is InChI=1S/C28H54O3.K.Rb.2H/c1-4-7-9-11-13-15-17-19-21-23-27(29)31-28(30)25-24-26(6-3)22-20-18-16-14-12-10-8-5-2;;;;/h26H,4-25H2,1-3H3;;;;/q;2*+1;2*-1. The number of hydrogen-bond acceptors (Lipinski definition) is 3. The van der Waals surface area contributed by atoms with E-state index in [1.165, 1.54) is 103 Å². The molecule has 0 aromatic heterocycles. The zero-order chi connectivity index (χ0) is 23.0. The summed E-state index contributed by atoms with van der Waals surface area (Å²) in [4.78, 5) is 23.9. The number of ether oxygens (including phenoxy) is 1. The molecule has 0 saturated carbocycles. The first-order valence-electron chi connectivity index (χ1n) is 13.9. The third-order valence-electron chi connectivity index (χ3n) is 6.51. The van der Waals surface area contributed by atoms with Gasteiger partial charge >= 0.3 is 122 Å². The van der Waals surface area contributed by atoms with Gasteiger partial charge in [-0.05, 0) is 18.8 Å². The van der Waals surface area contributed by atoms with E-state index in [4.69, 9.17) is 4.74 Å². The van der Waals surface area contributed by atoms with Crippen molar-refractivity contribution in [1.29, 1.82) is 0 Å². The summed E-state index contributed by atoms with van der Waals surface area (Å²) in [7, 11) is 0. The van der Waals surface area contributed by atoms with Crippen LogP contribution in [-0.4, -0.2) is 11.9 Å². The van der Waals surface area contributed by atoms with Crippen LogP contribution in [0.4, 0.5) is 0 Å². The third kappa shape index (κ3) is 30.7. The van der Waals surface area contributed by atoms with E-state index in [0.29, 0.717) is 18.8 Å². The van der Waals surface area contributed by atoms with Crippen molar-refractivity contribution in [1.82, 2.24) is 0 Å². The van der Waals surface area contributed by atoms with Crippen LogP contribution in [0.3, 0.4) is 0 Å². The molecule has 0 saturated heterocycles. The molecule has 33 heavy (non-hydrogen) atoms. The maximum atomic E-state index is 12.0. The minimum Gasteiger partial charge on any atom is -1.00 e. The molecule has 0 aliphatic heterocycles. The minimum absolute atomic E-state index is 0. The molecule has 0 rings (SSSR count). The maximum absolute atomic E-state index is 12.0. The van der Waals surface area contributed by atoms with Gasteiger partial charge in [0.1, 0.15) is 0 Å². The number of rotatable bonds is 23. The zero-order valence-corrected chi connectivity index (χ0v) is 31.4. The van der Waals surface area contributed by atoms with E-state index in [1.54, 1.807) is 0 Å². The van der Waals surface area contributed by atoms with Gasteiger partial charge in [0.15, 0.2) is 0 Å². The van der Waals surface area contributed by atoms with Crippen LogP contribution in [-0.2, 0) is 14.3 Å². The van der Waals surface area contributed by atoms with Gasteiger partial charge in [0.2, 0.25) is 0 Å². The molecule has 0 aromatic carbocycles. The molecule has 188 valence electrons. The minimum atomic E-state index is -0.330. The van der Waals surface area contributed by atoms with Gasteiger partial charge in [-0.1, -0.05) is 136 Å². The second-order valence-corrected chi connectivity index (χ2v) is 9.50. The summed E-state index contributed by atoms with van der Waals surface area (Å²) in [6.07, 6.45) is 25.6. The number of esters is 2. The summed E-state index contributed by atoms with van der Waals surface area (Å²) in [6.45, 7) is 6.70. The van der Waals surface area contributed by atoms with Crippen LogP contribution in [0.25, 0.3) is 0 Å². The molecule has 0 aromatic rings. The Labute approximate surface area is 301 Å². The molecule has 0 fully saturated rings. The normalized spacial score (nSPS) is 11.4. The molecule has 0 aliphatic carbocycles. The number of hydrogen-bond donors (Lipinski definition) is 0. The Morgan fingerprint density at radius 2 is 0.970 bits per heavy atom. The molecule has 0 bridgehead atoms. The second kappa shape index (κ2) is 32.6. The topological polar surface area (TPSA) is 43.4 Å². The van der Waals surface area contributed by atoms with Crippen molar-refractivity contribution in [3.05, 3.63) is 0 Å².